The van der Waals surface area contributed by atoms with E-state index in [4.69, 9.17) is 5.73 Å². The maximum atomic E-state index is 11.1. The van der Waals surface area contributed by atoms with Crippen LogP contribution in [0.2, 0.25) is 0 Å². The second-order valence-electron chi connectivity index (χ2n) is 2.44. The van der Waals surface area contributed by atoms with Crippen LogP contribution in [0.4, 0.5) is 4.79 Å². The first-order chi connectivity index (χ1) is 5.52. The molecule has 0 aromatic rings. The summed E-state index contributed by atoms with van der Waals surface area (Å²) in [5.74, 6) is -0.909. The summed E-state index contributed by atoms with van der Waals surface area (Å²) in [6.45, 7) is 0. The van der Waals surface area contributed by atoms with Gasteiger partial charge in [-0.1, -0.05) is 11.8 Å². The maximum Gasteiger partial charge on any atom is 0.288 e. The zero-order valence-corrected chi connectivity index (χ0v) is 7.26. The van der Waals surface area contributed by atoms with Crippen LogP contribution in [0.5, 0.6) is 0 Å². The fourth-order valence-electron chi connectivity index (χ4n) is 0.869. The molecule has 1 saturated heterocycles. The average molecular weight is 188 g/mol. The van der Waals surface area contributed by atoms with E-state index in [1.165, 1.54) is 7.05 Å². The lowest BCUT2D eigenvalue weighted by molar-refractivity contribution is -0.128. The van der Waals surface area contributed by atoms with Gasteiger partial charge in [0.15, 0.2) is 0 Å². The van der Waals surface area contributed by atoms with Gasteiger partial charge in [-0.2, -0.15) is 0 Å². The van der Waals surface area contributed by atoms with Crippen molar-refractivity contribution < 1.29 is 14.4 Å². The van der Waals surface area contributed by atoms with Crippen LogP contribution >= 0.6 is 11.8 Å². The molecule has 1 unspecified atom stereocenters. The Morgan fingerprint density at radius 1 is 1.67 bits per heavy atom. The lowest BCUT2D eigenvalue weighted by Crippen LogP contribution is -2.29. The van der Waals surface area contributed by atoms with E-state index in [2.05, 4.69) is 0 Å². The monoisotopic (exact) mass is 188 g/mol. The molecule has 12 heavy (non-hydrogen) atoms. The van der Waals surface area contributed by atoms with Gasteiger partial charge in [0, 0.05) is 13.5 Å². The molecule has 6 heteroatoms. The van der Waals surface area contributed by atoms with Gasteiger partial charge in [-0.15, -0.1) is 0 Å². The number of thioether (sulfide) groups is 1. The summed E-state index contributed by atoms with van der Waals surface area (Å²) in [4.78, 5) is 33.5. The van der Waals surface area contributed by atoms with Gasteiger partial charge in [-0.05, 0) is 0 Å². The number of nitrogens with two attached hydrogens (primary N) is 1. The number of carbonyl (C=O) groups is 3. The SMILES string of the molecule is CN1C(=O)SC(CC(N)=O)C1=O. The third-order valence-electron chi connectivity index (χ3n) is 1.51. The summed E-state index contributed by atoms with van der Waals surface area (Å²) >= 11 is 0.847. The highest BCUT2D eigenvalue weighted by atomic mass is 32.2. The number of carbonyl (C=O) groups excluding carboxylic acids is 3. The maximum absolute atomic E-state index is 11.1. The molecule has 1 rings (SSSR count). The Morgan fingerprint density at radius 3 is 2.58 bits per heavy atom. The van der Waals surface area contributed by atoms with Gasteiger partial charge >= 0.3 is 0 Å². The molecule has 0 bridgehead atoms. The van der Waals surface area contributed by atoms with E-state index in [0.717, 1.165) is 16.7 Å². The van der Waals surface area contributed by atoms with Crippen molar-refractivity contribution in [2.75, 3.05) is 7.05 Å². The Labute approximate surface area is 73.3 Å². The van der Waals surface area contributed by atoms with Gasteiger partial charge in [0.05, 0.1) is 0 Å². The third kappa shape index (κ3) is 1.58. The highest BCUT2D eigenvalue weighted by molar-refractivity contribution is 8.15. The Hall–Kier alpha value is -1.04. The number of primary amides is 1. The molecular formula is C6H8N2O3S. The number of imide groups is 1. The minimum atomic E-state index is -0.611. The van der Waals surface area contributed by atoms with E-state index in [9.17, 15) is 14.4 Å². The predicted octanol–water partition coefficient (Wildman–Crippen LogP) is -0.444. The van der Waals surface area contributed by atoms with E-state index < -0.39 is 11.2 Å². The number of amides is 3. The van der Waals surface area contributed by atoms with Crippen molar-refractivity contribution in [3.63, 3.8) is 0 Å². The molecule has 0 aromatic carbocycles. The number of nitrogens with zero attached hydrogens (tertiary/aromatic N) is 1. The molecule has 0 saturated carbocycles. The molecule has 3 amide bonds. The number of rotatable bonds is 2. The van der Waals surface area contributed by atoms with E-state index >= 15 is 0 Å². The molecule has 0 radical (unpaired) electrons. The zero-order valence-electron chi connectivity index (χ0n) is 6.44. The molecule has 5 nitrogen and oxygen atoms in total. The largest absolute Gasteiger partial charge is 0.370 e. The molecule has 66 valence electrons. The van der Waals surface area contributed by atoms with Gasteiger partial charge in [-0.25, -0.2) is 0 Å². The molecule has 0 spiro atoms. The van der Waals surface area contributed by atoms with Crippen LogP contribution in [-0.4, -0.2) is 34.3 Å². The molecule has 1 atom stereocenters. The number of hydrogen-bond donors (Lipinski definition) is 1. The van der Waals surface area contributed by atoms with Crippen LogP contribution in [-0.2, 0) is 9.59 Å². The second kappa shape index (κ2) is 3.14. The van der Waals surface area contributed by atoms with Crippen LogP contribution in [0.15, 0.2) is 0 Å². The molecule has 1 heterocycles. The normalized spacial score (nSPS) is 23.4. The predicted molar refractivity (Wildman–Crippen MR) is 43.4 cm³/mol. The van der Waals surface area contributed by atoms with Gasteiger partial charge in [0.25, 0.3) is 5.24 Å². The molecule has 0 aliphatic carbocycles. The van der Waals surface area contributed by atoms with Crippen molar-refractivity contribution in [1.82, 2.24) is 4.90 Å². The Bertz CT molecular complexity index is 251. The molecule has 1 aliphatic rings. The first-order valence-corrected chi connectivity index (χ1v) is 4.17. The van der Waals surface area contributed by atoms with Crippen molar-refractivity contribution in [1.29, 1.82) is 0 Å². The topological polar surface area (TPSA) is 80.5 Å². The molecule has 1 aliphatic heterocycles. The van der Waals surface area contributed by atoms with Crippen LogP contribution in [0.25, 0.3) is 0 Å². The van der Waals surface area contributed by atoms with Crippen molar-refractivity contribution in [2.45, 2.75) is 11.7 Å². The summed E-state index contributed by atoms with van der Waals surface area (Å²) < 4.78 is 0. The standard InChI is InChI=1S/C6H8N2O3S/c1-8-5(10)3(2-4(7)9)12-6(8)11/h3H,2H2,1H3,(H2,7,9). The van der Waals surface area contributed by atoms with Crippen molar-refractivity contribution in [3.8, 4) is 0 Å². The van der Waals surface area contributed by atoms with E-state index in [1.807, 2.05) is 0 Å². The molecule has 0 aromatic heterocycles. The summed E-state index contributed by atoms with van der Waals surface area (Å²) in [6, 6.07) is 0. The summed E-state index contributed by atoms with van der Waals surface area (Å²) in [5.41, 5.74) is 4.89. The molecule has 1 fully saturated rings. The van der Waals surface area contributed by atoms with E-state index in [-0.39, 0.29) is 17.6 Å². The van der Waals surface area contributed by atoms with Gasteiger partial charge in [0.2, 0.25) is 11.8 Å². The van der Waals surface area contributed by atoms with Crippen molar-refractivity contribution >= 4 is 28.8 Å². The van der Waals surface area contributed by atoms with Gasteiger partial charge in [0.1, 0.15) is 5.25 Å². The van der Waals surface area contributed by atoms with Crippen LogP contribution < -0.4 is 5.73 Å². The Balaban J connectivity index is 2.65. The second-order valence-corrected chi connectivity index (χ2v) is 3.59. The van der Waals surface area contributed by atoms with Crippen molar-refractivity contribution in [2.24, 2.45) is 5.73 Å². The summed E-state index contributed by atoms with van der Waals surface area (Å²) in [6.07, 6.45) is -0.0699. The minimum Gasteiger partial charge on any atom is -0.370 e. The lowest BCUT2D eigenvalue weighted by Gasteiger charge is -2.04. The lowest BCUT2D eigenvalue weighted by atomic mass is 10.3. The summed E-state index contributed by atoms with van der Waals surface area (Å²) in [7, 11) is 1.39. The fraction of sp³-hybridized carbons (Fsp3) is 0.500. The van der Waals surface area contributed by atoms with E-state index in [1.54, 1.807) is 0 Å². The minimum absolute atomic E-state index is 0.0699. The highest BCUT2D eigenvalue weighted by Gasteiger charge is 2.37. The first kappa shape index (κ1) is 9.05. The summed E-state index contributed by atoms with van der Waals surface area (Å²) in [5, 5.41) is -0.939. The third-order valence-corrected chi connectivity index (χ3v) is 2.64. The molecular weight excluding hydrogens is 180 g/mol. The fourth-order valence-corrected chi connectivity index (χ4v) is 1.87. The van der Waals surface area contributed by atoms with Crippen LogP contribution in [0.3, 0.4) is 0 Å². The van der Waals surface area contributed by atoms with Crippen LogP contribution in [0.1, 0.15) is 6.42 Å². The smallest absolute Gasteiger partial charge is 0.288 e. The van der Waals surface area contributed by atoms with Gasteiger partial charge in [-0.3, -0.25) is 19.3 Å². The Morgan fingerprint density at radius 2 is 2.25 bits per heavy atom. The van der Waals surface area contributed by atoms with Gasteiger partial charge < -0.3 is 5.73 Å². The highest BCUT2D eigenvalue weighted by Crippen LogP contribution is 2.27. The Kier molecular flexibility index (Phi) is 2.37. The van der Waals surface area contributed by atoms with E-state index in [0.29, 0.717) is 0 Å². The van der Waals surface area contributed by atoms with Crippen LogP contribution in [0, 0.1) is 0 Å². The number of hydrogen-bond acceptors (Lipinski definition) is 4. The molecule has 2 N–H and O–H groups in total. The zero-order chi connectivity index (χ0) is 9.30. The first-order valence-electron chi connectivity index (χ1n) is 3.29. The average Bonchev–Trinajstić information content (AvgIpc) is 2.17. The quantitative estimate of drug-likeness (QED) is 0.636. The van der Waals surface area contributed by atoms with Crippen molar-refractivity contribution in [3.05, 3.63) is 0 Å².